The zero-order valence-electron chi connectivity index (χ0n) is 9.71. The van der Waals surface area contributed by atoms with Crippen molar-refractivity contribution >= 4 is 23.5 Å². The van der Waals surface area contributed by atoms with Crippen LogP contribution in [-0.2, 0) is 4.79 Å². The van der Waals surface area contributed by atoms with E-state index in [9.17, 15) is 9.59 Å². The number of carboxylic acids is 1. The van der Waals surface area contributed by atoms with Crippen molar-refractivity contribution in [2.24, 2.45) is 5.73 Å². The lowest BCUT2D eigenvalue weighted by atomic mass is 10.1. The average molecular weight is 253 g/mol. The molecular weight excluding hydrogens is 238 g/mol. The van der Waals surface area contributed by atoms with Crippen molar-refractivity contribution in [3.05, 3.63) is 29.8 Å². The van der Waals surface area contributed by atoms with Gasteiger partial charge >= 0.3 is 5.97 Å². The van der Waals surface area contributed by atoms with Gasteiger partial charge in [-0.15, -0.1) is 11.8 Å². The van der Waals surface area contributed by atoms with E-state index >= 15 is 0 Å². The van der Waals surface area contributed by atoms with Crippen LogP contribution in [0.25, 0.3) is 0 Å². The molecule has 0 saturated heterocycles. The molecule has 0 aromatic heterocycles. The number of ketones is 1. The molecule has 0 heterocycles. The quantitative estimate of drug-likeness (QED) is 0.475. The predicted molar refractivity (Wildman–Crippen MR) is 67.4 cm³/mol. The number of rotatable bonds is 5. The van der Waals surface area contributed by atoms with Crippen molar-refractivity contribution in [3.63, 3.8) is 0 Å². The van der Waals surface area contributed by atoms with Crippen LogP contribution in [0.3, 0.4) is 0 Å². The molecule has 0 aliphatic rings. The van der Waals surface area contributed by atoms with E-state index in [1.807, 2.05) is 0 Å². The Bertz CT molecular complexity index is 414. The van der Waals surface area contributed by atoms with Crippen LogP contribution in [0, 0.1) is 0 Å². The minimum Gasteiger partial charge on any atom is -0.480 e. The third-order valence-corrected chi connectivity index (χ3v) is 3.07. The van der Waals surface area contributed by atoms with Crippen molar-refractivity contribution in [2.75, 3.05) is 0 Å². The monoisotopic (exact) mass is 253 g/mol. The molecule has 0 saturated carbocycles. The van der Waals surface area contributed by atoms with Gasteiger partial charge in [0.05, 0.1) is 0 Å². The molecule has 0 amide bonds. The predicted octanol–water partition coefficient (Wildman–Crippen LogP) is 1.78. The second kappa shape index (κ2) is 5.84. The molecule has 0 aliphatic heterocycles. The molecule has 0 aliphatic carbocycles. The summed E-state index contributed by atoms with van der Waals surface area (Å²) in [5.74, 6) is -1.88. The molecule has 1 aromatic rings. The third kappa shape index (κ3) is 3.87. The molecule has 0 spiro atoms. The van der Waals surface area contributed by atoms with E-state index in [0.29, 0.717) is 10.8 Å². The van der Waals surface area contributed by atoms with E-state index in [1.165, 1.54) is 0 Å². The number of thioether (sulfide) groups is 1. The summed E-state index contributed by atoms with van der Waals surface area (Å²) in [5.41, 5.74) is 5.58. The van der Waals surface area contributed by atoms with Gasteiger partial charge in [0.15, 0.2) is 11.8 Å². The highest BCUT2D eigenvalue weighted by molar-refractivity contribution is 7.99. The fourth-order valence-corrected chi connectivity index (χ4v) is 2.10. The first kappa shape index (κ1) is 13.7. The Labute approximate surface area is 104 Å². The van der Waals surface area contributed by atoms with Crippen molar-refractivity contribution in [2.45, 2.75) is 30.0 Å². The Morgan fingerprint density at radius 3 is 2.18 bits per heavy atom. The average Bonchev–Trinajstić information content (AvgIpc) is 2.27. The van der Waals surface area contributed by atoms with Crippen LogP contribution in [-0.4, -0.2) is 28.2 Å². The summed E-state index contributed by atoms with van der Waals surface area (Å²) in [6.45, 7) is 4.15. The molecule has 92 valence electrons. The molecule has 1 rings (SSSR count). The maximum atomic E-state index is 11.6. The maximum Gasteiger partial charge on any atom is 0.328 e. The van der Waals surface area contributed by atoms with Gasteiger partial charge in [-0.2, -0.15) is 0 Å². The summed E-state index contributed by atoms with van der Waals surface area (Å²) in [6.07, 6.45) is 0. The Kier molecular flexibility index (Phi) is 4.72. The number of benzene rings is 1. The molecule has 1 aromatic carbocycles. The summed E-state index contributed by atoms with van der Waals surface area (Å²) in [5, 5.41) is 9.09. The minimum atomic E-state index is -1.49. The lowest BCUT2D eigenvalue weighted by Gasteiger charge is -2.07. The molecule has 17 heavy (non-hydrogen) atoms. The number of carbonyl (C=O) groups is 2. The second-order valence-electron chi connectivity index (χ2n) is 3.87. The molecule has 3 N–H and O–H groups in total. The fraction of sp³-hybridized carbons (Fsp3) is 0.333. The number of Topliss-reactive ketones (excluding diaryl/α,β-unsaturated/α-hetero) is 1. The van der Waals surface area contributed by atoms with Crippen molar-refractivity contribution in [3.8, 4) is 0 Å². The highest BCUT2D eigenvalue weighted by atomic mass is 32.2. The Hall–Kier alpha value is -1.33. The standard InChI is InChI=1S/C12H15NO3S/c1-7(2)17-9-5-3-8(4-6-9)11(14)10(13)12(15)16/h3-7,10H,13H2,1-2H3,(H,15,16). The number of carbonyl (C=O) groups excluding carboxylic acids is 1. The lowest BCUT2D eigenvalue weighted by Crippen LogP contribution is -2.38. The van der Waals surface area contributed by atoms with Crippen molar-refractivity contribution in [1.29, 1.82) is 0 Å². The van der Waals surface area contributed by atoms with Crippen molar-refractivity contribution < 1.29 is 14.7 Å². The maximum absolute atomic E-state index is 11.6. The number of aliphatic carboxylic acids is 1. The SMILES string of the molecule is CC(C)Sc1ccc(C(=O)C(N)C(=O)O)cc1. The molecule has 0 bridgehead atoms. The van der Waals surface area contributed by atoms with E-state index in [0.717, 1.165) is 4.90 Å². The normalized spacial score (nSPS) is 12.5. The summed E-state index contributed by atoms with van der Waals surface area (Å²) in [7, 11) is 0. The fourth-order valence-electron chi connectivity index (χ4n) is 1.26. The molecule has 0 radical (unpaired) electrons. The number of hydrogen-bond donors (Lipinski definition) is 2. The molecule has 0 fully saturated rings. The molecule has 4 nitrogen and oxygen atoms in total. The molecule has 5 heteroatoms. The van der Waals surface area contributed by atoms with Crippen LogP contribution in [0.4, 0.5) is 0 Å². The first-order valence-electron chi connectivity index (χ1n) is 5.21. The smallest absolute Gasteiger partial charge is 0.328 e. The Balaban J connectivity index is 2.80. The Morgan fingerprint density at radius 2 is 1.76 bits per heavy atom. The van der Waals surface area contributed by atoms with Gasteiger partial charge in [0, 0.05) is 15.7 Å². The van der Waals surface area contributed by atoms with Gasteiger partial charge in [0.2, 0.25) is 0 Å². The van der Waals surface area contributed by atoms with E-state index in [1.54, 1.807) is 36.0 Å². The molecule has 1 unspecified atom stereocenters. The van der Waals surface area contributed by atoms with Crippen LogP contribution >= 0.6 is 11.8 Å². The highest BCUT2D eigenvalue weighted by Crippen LogP contribution is 2.23. The summed E-state index contributed by atoms with van der Waals surface area (Å²) in [6, 6.07) is 5.32. The van der Waals surface area contributed by atoms with Crippen molar-refractivity contribution in [1.82, 2.24) is 0 Å². The van der Waals surface area contributed by atoms with Crippen LogP contribution < -0.4 is 5.73 Å². The van der Waals surface area contributed by atoms with Gasteiger partial charge in [-0.05, 0) is 12.1 Å². The van der Waals surface area contributed by atoms with Gasteiger partial charge in [-0.3, -0.25) is 9.59 Å². The van der Waals surface area contributed by atoms with Gasteiger partial charge in [0.25, 0.3) is 0 Å². The van der Waals surface area contributed by atoms with Crippen LogP contribution in [0.2, 0.25) is 0 Å². The first-order chi connectivity index (χ1) is 7.91. The summed E-state index contributed by atoms with van der Waals surface area (Å²) >= 11 is 1.67. The van der Waals surface area contributed by atoms with Crippen LogP contribution in [0.15, 0.2) is 29.2 Å². The first-order valence-corrected chi connectivity index (χ1v) is 6.09. The van der Waals surface area contributed by atoms with Gasteiger partial charge in [-0.25, -0.2) is 0 Å². The summed E-state index contributed by atoms with van der Waals surface area (Å²) < 4.78 is 0. The van der Waals surface area contributed by atoms with Gasteiger partial charge in [0.1, 0.15) is 0 Å². The van der Waals surface area contributed by atoms with E-state index in [-0.39, 0.29) is 0 Å². The minimum absolute atomic E-state index is 0.327. The number of nitrogens with two attached hydrogens (primary N) is 1. The number of carboxylic acid groups (broad SMARTS) is 1. The van der Waals surface area contributed by atoms with E-state index in [2.05, 4.69) is 13.8 Å². The number of hydrogen-bond acceptors (Lipinski definition) is 4. The van der Waals surface area contributed by atoms with E-state index in [4.69, 9.17) is 10.8 Å². The largest absolute Gasteiger partial charge is 0.480 e. The third-order valence-electron chi connectivity index (χ3n) is 2.06. The van der Waals surface area contributed by atoms with Crippen LogP contribution in [0.1, 0.15) is 24.2 Å². The summed E-state index contributed by atoms with van der Waals surface area (Å²) in [4.78, 5) is 23.2. The van der Waals surface area contributed by atoms with E-state index < -0.39 is 17.8 Å². The Morgan fingerprint density at radius 1 is 1.24 bits per heavy atom. The van der Waals surface area contributed by atoms with Crippen LogP contribution in [0.5, 0.6) is 0 Å². The second-order valence-corrected chi connectivity index (χ2v) is 5.52. The highest BCUT2D eigenvalue weighted by Gasteiger charge is 2.22. The molecular formula is C12H15NO3S. The lowest BCUT2D eigenvalue weighted by molar-refractivity contribution is -0.137. The zero-order valence-corrected chi connectivity index (χ0v) is 10.5. The van der Waals surface area contributed by atoms with Gasteiger partial charge < -0.3 is 10.8 Å². The van der Waals surface area contributed by atoms with Gasteiger partial charge in [-0.1, -0.05) is 26.0 Å². The zero-order chi connectivity index (χ0) is 13.0. The molecule has 1 atom stereocenters. The topological polar surface area (TPSA) is 80.4 Å².